The van der Waals surface area contributed by atoms with E-state index < -0.39 is 11.6 Å². The first-order chi connectivity index (χ1) is 5.52. The van der Waals surface area contributed by atoms with E-state index in [1.54, 1.807) is 0 Å². The molecule has 72 valence electrons. The summed E-state index contributed by atoms with van der Waals surface area (Å²) in [5.74, 6) is 0.318. The van der Waals surface area contributed by atoms with Crippen LogP contribution in [0, 0.1) is 5.92 Å². The predicted octanol–water partition coefficient (Wildman–Crippen LogP) is 0.511. The molecule has 1 atom stereocenters. The first kappa shape index (κ1) is 9.96. The molecule has 0 aliphatic carbocycles. The molecule has 12 heavy (non-hydrogen) atoms. The van der Waals surface area contributed by atoms with Crippen LogP contribution >= 0.6 is 0 Å². The molecular formula is C9H19NO2. The number of ether oxygens (including phenoxy) is 1. The summed E-state index contributed by atoms with van der Waals surface area (Å²) in [4.78, 5) is 0. The molecule has 0 aromatic rings. The zero-order valence-electron chi connectivity index (χ0n) is 7.92. The fourth-order valence-electron chi connectivity index (χ4n) is 1.64. The minimum absolute atomic E-state index is 0.318. The zero-order chi connectivity index (χ0) is 9.19. The van der Waals surface area contributed by atoms with Crippen LogP contribution in [0.3, 0.4) is 0 Å². The molecule has 1 saturated heterocycles. The maximum absolute atomic E-state index is 9.83. The minimum Gasteiger partial charge on any atom is -0.391 e. The molecule has 0 spiro atoms. The van der Waals surface area contributed by atoms with Gasteiger partial charge in [0.2, 0.25) is 0 Å². The summed E-state index contributed by atoms with van der Waals surface area (Å²) in [5, 5.41) is 9.83. The molecule has 0 bridgehead atoms. The van der Waals surface area contributed by atoms with Crippen LogP contribution < -0.4 is 5.73 Å². The van der Waals surface area contributed by atoms with Gasteiger partial charge in [0.05, 0.1) is 6.10 Å². The SMILES string of the molecule is CC(C)(N)C(O)C1CCOCC1. The van der Waals surface area contributed by atoms with Gasteiger partial charge in [0, 0.05) is 18.8 Å². The Morgan fingerprint density at radius 2 is 1.92 bits per heavy atom. The van der Waals surface area contributed by atoms with E-state index in [-0.39, 0.29) is 0 Å². The summed E-state index contributed by atoms with van der Waals surface area (Å²) in [6.07, 6.45) is 1.46. The van der Waals surface area contributed by atoms with Crippen molar-refractivity contribution in [2.75, 3.05) is 13.2 Å². The second-order valence-corrected chi connectivity index (χ2v) is 4.22. The van der Waals surface area contributed by atoms with Crippen molar-refractivity contribution < 1.29 is 9.84 Å². The molecule has 1 unspecified atom stereocenters. The van der Waals surface area contributed by atoms with E-state index >= 15 is 0 Å². The highest BCUT2D eigenvalue weighted by Gasteiger charge is 2.31. The highest BCUT2D eigenvalue weighted by Crippen LogP contribution is 2.24. The highest BCUT2D eigenvalue weighted by atomic mass is 16.5. The van der Waals surface area contributed by atoms with Crippen molar-refractivity contribution >= 4 is 0 Å². The van der Waals surface area contributed by atoms with E-state index in [4.69, 9.17) is 10.5 Å². The molecule has 1 fully saturated rings. The molecule has 1 aliphatic rings. The van der Waals surface area contributed by atoms with Gasteiger partial charge in [-0.25, -0.2) is 0 Å². The molecule has 3 nitrogen and oxygen atoms in total. The fourth-order valence-corrected chi connectivity index (χ4v) is 1.64. The molecule has 3 N–H and O–H groups in total. The molecule has 1 rings (SSSR count). The van der Waals surface area contributed by atoms with Crippen LogP contribution in [0.5, 0.6) is 0 Å². The Morgan fingerprint density at radius 3 is 2.33 bits per heavy atom. The number of hydrogen-bond acceptors (Lipinski definition) is 3. The van der Waals surface area contributed by atoms with Gasteiger partial charge in [-0.05, 0) is 32.6 Å². The molecular weight excluding hydrogens is 154 g/mol. The normalized spacial score (nSPS) is 24.0. The monoisotopic (exact) mass is 173 g/mol. The summed E-state index contributed by atoms with van der Waals surface area (Å²) in [6.45, 7) is 5.26. The lowest BCUT2D eigenvalue weighted by molar-refractivity contribution is -0.0185. The van der Waals surface area contributed by atoms with Crippen molar-refractivity contribution in [2.45, 2.75) is 38.3 Å². The molecule has 0 aromatic heterocycles. The third kappa shape index (κ3) is 2.44. The number of nitrogens with two attached hydrogens (primary N) is 1. The van der Waals surface area contributed by atoms with Gasteiger partial charge in [-0.15, -0.1) is 0 Å². The fraction of sp³-hybridized carbons (Fsp3) is 1.00. The van der Waals surface area contributed by atoms with Crippen LogP contribution in [0.15, 0.2) is 0 Å². The molecule has 0 aromatic carbocycles. The Morgan fingerprint density at radius 1 is 1.42 bits per heavy atom. The van der Waals surface area contributed by atoms with Crippen LogP contribution in [-0.2, 0) is 4.74 Å². The van der Waals surface area contributed by atoms with Crippen molar-refractivity contribution in [3.05, 3.63) is 0 Å². The highest BCUT2D eigenvalue weighted by molar-refractivity contribution is 4.87. The summed E-state index contributed by atoms with van der Waals surface area (Å²) < 4.78 is 5.21. The molecule has 1 aliphatic heterocycles. The Bertz CT molecular complexity index is 136. The quantitative estimate of drug-likeness (QED) is 0.639. The molecule has 0 amide bonds. The lowest BCUT2D eigenvalue weighted by Crippen LogP contribution is -2.50. The van der Waals surface area contributed by atoms with Gasteiger partial charge in [-0.3, -0.25) is 0 Å². The number of hydrogen-bond donors (Lipinski definition) is 2. The van der Waals surface area contributed by atoms with Crippen molar-refractivity contribution in [2.24, 2.45) is 11.7 Å². The lowest BCUT2D eigenvalue weighted by Gasteiger charge is -2.34. The van der Waals surface area contributed by atoms with Crippen molar-refractivity contribution in [3.63, 3.8) is 0 Å². The van der Waals surface area contributed by atoms with Gasteiger partial charge in [0.15, 0.2) is 0 Å². The predicted molar refractivity (Wildman–Crippen MR) is 47.8 cm³/mol. The van der Waals surface area contributed by atoms with Crippen molar-refractivity contribution in [1.82, 2.24) is 0 Å². The standard InChI is InChI=1S/C9H19NO2/c1-9(2,10)8(11)7-3-5-12-6-4-7/h7-8,11H,3-6,10H2,1-2H3. The Balaban J connectivity index is 2.45. The number of aliphatic hydroxyl groups excluding tert-OH is 1. The van der Waals surface area contributed by atoms with Gasteiger partial charge < -0.3 is 15.6 Å². The van der Waals surface area contributed by atoms with Crippen LogP contribution in [-0.4, -0.2) is 30.0 Å². The van der Waals surface area contributed by atoms with Crippen LogP contribution in [0.1, 0.15) is 26.7 Å². The molecule has 1 heterocycles. The van der Waals surface area contributed by atoms with Crippen LogP contribution in [0.25, 0.3) is 0 Å². The average Bonchev–Trinajstić information content (AvgIpc) is 2.03. The Labute approximate surface area is 73.9 Å². The van der Waals surface area contributed by atoms with Crippen molar-refractivity contribution in [1.29, 1.82) is 0 Å². The summed E-state index contributed by atoms with van der Waals surface area (Å²) in [7, 11) is 0. The largest absolute Gasteiger partial charge is 0.391 e. The number of rotatable bonds is 2. The average molecular weight is 173 g/mol. The third-order valence-electron chi connectivity index (χ3n) is 2.47. The van der Waals surface area contributed by atoms with E-state index in [9.17, 15) is 5.11 Å². The van der Waals surface area contributed by atoms with E-state index in [0.29, 0.717) is 5.92 Å². The minimum atomic E-state index is -0.484. The first-order valence-corrected chi connectivity index (χ1v) is 4.56. The molecule has 3 heteroatoms. The Kier molecular flexibility index (Phi) is 3.09. The maximum atomic E-state index is 9.83. The van der Waals surface area contributed by atoms with Gasteiger partial charge >= 0.3 is 0 Å². The van der Waals surface area contributed by atoms with E-state index in [1.165, 1.54) is 0 Å². The third-order valence-corrected chi connectivity index (χ3v) is 2.47. The summed E-state index contributed by atoms with van der Waals surface area (Å²) >= 11 is 0. The zero-order valence-corrected chi connectivity index (χ0v) is 7.92. The molecule has 0 saturated carbocycles. The van der Waals surface area contributed by atoms with Gasteiger partial charge in [0.25, 0.3) is 0 Å². The second kappa shape index (κ2) is 3.73. The number of aliphatic hydroxyl groups is 1. The van der Waals surface area contributed by atoms with Gasteiger partial charge in [0.1, 0.15) is 0 Å². The summed E-state index contributed by atoms with van der Waals surface area (Å²) in [5.41, 5.74) is 5.33. The maximum Gasteiger partial charge on any atom is 0.0743 e. The second-order valence-electron chi connectivity index (χ2n) is 4.22. The van der Waals surface area contributed by atoms with Gasteiger partial charge in [-0.1, -0.05) is 0 Å². The van der Waals surface area contributed by atoms with E-state index in [1.807, 2.05) is 13.8 Å². The smallest absolute Gasteiger partial charge is 0.0743 e. The van der Waals surface area contributed by atoms with E-state index in [0.717, 1.165) is 26.1 Å². The first-order valence-electron chi connectivity index (χ1n) is 4.56. The molecule has 0 radical (unpaired) electrons. The van der Waals surface area contributed by atoms with Crippen molar-refractivity contribution in [3.8, 4) is 0 Å². The topological polar surface area (TPSA) is 55.5 Å². The summed E-state index contributed by atoms with van der Waals surface area (Å²) in [6, 6.07) is 0. The van der Waals surface area contributed by atoms with Crippen LogP contribution in [0.4, 0.5) is 0 Å². The van der Waals surface area contributed by atoms with E-state index in [2.05, 4.69) is 0 Å². The van der Waals surface area contributed by atoms with Crippen LogP contribution in [0.2, 0.25) is 0 Å². The Hall–Kier alpha value is -0.120. The van der Waals surface area contributed by atoms with Gasteiger partial charge in [-0.2, -0.15) is 0 Å². The lowest BCUT2D eigenvalue weighted by atomic mass is 9.83.